The van der Waals surface area contributed by atoms with Crippen LogP contribution in [0.1, 0.15) is 97.5 Å². The van der Waals surface area contributed by atoms with Gasteiger partial charge in [0.15, 0.2) is 0 Å². The van der Waals surface area contributed by atoms with Crippen molar-refractivity contribution < 1.29 is 4.79 Å². The van der Waals surface area contributed by atoms with Crippen LogP contribution in [-0.2, 0) is 4.79 Å². The lowest BCUT2D eigenvalue weighted by Crippen LogP contribution is -2.56. The Labute approximate surface area is 202 Å². The molecule has 0 amide bonds. The van der Waals surface area contributed by atoms with E-state index in [2.05, 4.69) is 40.9 Å². The highest BCUT2D eigenvalue weighted by Gasteiger charge is 2.41. The number of aromatic nitrogens is 2. The van der Waals surface area contributed by atoms with Gasteiger partial charge in [-0.1, -0.05) is 20.8 Å². The summed E-state index contributed by atoms with van der Waals surface area (Å²) in [4.78, 5) is 28.8. The van der Waals surface area contributed by atoms with Gasteiger partial charge in [0, 0.05) is 56.5 Å². The zero-order valence-electron chi connectivity index (χ0n) is 21.8. The molecular formula is C27H47N5O. The molecule has 33 heavy (non-hydrogen) atoms. The standard InChI is InChI=1S/C25H41N5O.C2H6/c1-4-24(31)7-5-6-12-28-13-10-20(11-14-28)21-15-26-25(27-16-21)30-22-8-9-23(30)18-29(17-22)19(2)3;1-2/h15-16,19-20,22-23H,4-14,17-18H2,1-3H3;1-2H3. The van der Waals surface area contributed by atoms with Crippen molar-refractivity contribution in [3.63, 3.8) is 0 Å². The fourth-order valence-electron chi connectivity index (χ4n) is 5.68. The van der Waals surface area contributed by atoms with Crippen LogP contribution < -0.4 is 4.90 Å². The quantitative estimate of drug-likeness (QED) is 0.492. The van der Waals surface area contributed by atoms with Crippen molar-refractivity contribution in [2.24, 2.45) is 0 Å². The largest absolute Gasteiger partial charge is 0.332 e. The molecule has 4 heterocycles. The molecule has 6 heteroatoms. The van der Waals surface area contributed by atoms with E-state index in [-0.39, 0.29) is 0 Å². The second-order valence-electron chi connectivity index (χ2n) is 10.1. The number of nitrogens with zero attached hydrogens (tertiary/aromatic N) is 5. The van der Waals surface area contributed by atoms with Gasteiger partial charge >= 0.3 is 0 Å². The number of unbranched alkanes of at least 4 members (excludes halogenated alkanes) is 1. The molecule has 1 aromatic rings. The Kier molecular flexibility index (Phi) is 10.1. The molecule has 3 fully saturated rings. The van der Waals surface area contributed by atoms with Crippen LogP contribution in [0.15, 0.2) is 12.4 Å². The molecule has 3 aliphatic rings. The Bertz CT molecular complexity index is 700. The van der Waals surface area contributed by atoms with Crippen LogP contribution in [0.5, 0.6) is 0 Å². The summed E-state index contributed by atoms with van der Waals surface area (Å²) in [5.74, 6) is 1.93. The number of likely N-dealkylation sites (tertiary alicyclic amines) is 2. The third-order valence-corrected chi connectivity index (χ3v) is 7.76. The predicted molar refractivity (Wildman–Crippen MR) is 137 cm³/mol. The summed E-state index contributed by atoms with van der Waals surface area (Å²) in [6, 6.07) is 1.77. The zero-order chi connectivity index (χ0) is 23.8. The average molecular weight is 458 g/mol. The van der Waals surface area contributed by atoms with E-state index in [0.29, 0.717) is 36.2 Å². The van der Waals surface area contributed by atoms with Crippen molar-refractivity contribution in [2.75, 3.05) is 37.6 Å². The summed E-state index contributed by atoms with van der Waals surface area (Å²) in [5.41, 5.74) is 1.31. The number of anilines is 1. The maximum absolute atomic E-state index is 11.4. The molecule has 0 aromatic carbocycles. The highest BCUT2D eigenvalue weighted by molar-refractivity contribution is 5.77. The van der Waals surface area contributed by atoms with Crippen molar-refractivity contribution in [1.29, 1.82) is 0 Å². The van der Waals surface area contributed by atoms with Crippen LogP contribution in [-0.4, -0.2) is 76.4 Å². The number of carbonyl (C=O) groups excluding carboxylic acids is 1. The molecule has 0 saturated carbocycles. The molecule has 0 aliphatic carbocycles. The molecule has 0 radical (unpaired) electrons. The zero-order valence-corrected chi connectivity index (χ0v) is 21.8. The molecule has 2 bridgehead atoms. The van der Waals surface area contributed by atoms with Gasteiger partial charge in [0.05, 0.1) is 0 Å². The average Bonchev–Trinajstić information content (AvgIpc) is 3.12. The summed E-state index contributed by atoms with van der Waals surface area (Å²) in [6.45, 7) is 16.3. The van der Waals surface area contributed by atoms with Crippen LogP contribution in [0.25, 0.3) is 0 Å². The van der Waals surface area contributed by atoms with E-state index in [0.717, 1.165) is 57.9 Å². The molecule has 0 N–H and O–H groups in total. The minimum Gasteiger partial charge on any atom is -0.332 e. The van der Waals surface area contributed by atoms with Gasteiger partial charge in [0.2, 0.25) is 5.95 Å². The van der Waals surface area contributed by atoms with Crippen LogP contribution in [0, 0.1) is 0 Å². The van der Waals surface area contributed by atoms with Gasteiger partial charge in [0.1, 0.15) is 5.78 Å². The summed E-state index contributed by atoms with van der Waals surface area (Å²) in [7, 11) is 0. The first-order chi connectivity index (χ1) is 16.0. The lowest BCUT2D eigenvalue weighted by Gasteiger charge is -2.42. The van der Waals surface area contributed by atoms with E-state index in [9.17, 15) is 4.79 Å². The van der Waals surface area contributed by atoms with Gasteiger partial charge in [-0.2, -0.15) is 0 Å². The van der Waals surface area contributed by atoms with E-state index >= 15 is 0 Å². The summed E-state index contributed by atoms with van der Waals surface area (Å²) in [6.07, 6.45) is 12.7. The molecule has 2 atom stereocenters. The number of piperidine rings is 1. The van der Waals surface area contributed by atoms with Gasteiger partial charge in [-0.25, -0.2) is 9.97 Å². The lowest BCUT2D eigenvalue weighted by molar-refractivity contribution is -0.118. The Morgan fingerprint density at radius 1 is 1.00 bits per heavy atom. The summed E-state index contributed by atoms with van der Waals surface area (Å²) < 4.78 is 0. The molecule has 186 valence electrons. The van der Waals surface area contributed by atoms with Gasteiger partial charge in [0.25, 0.3) is 0 Å². The number of fused-ring (bicyclic) bond motifs is 2. The normalized spacial score (nSPS) is 24.1. The van der Waals surface area contributed by atoms with Crippen LogP contribution >= 0.6 is 0 Å². The second kappa shape index (κ2) is 12.8. The highest BCUT2D eigenvalue weighted by Crippen LogP contribution is 2.34. The number of Topliss-reactive ketones (excluding diaryl/α,β-unsaturated/α-hetero) is 1. The number of piperazine rings is 1. The minimum atomic E-state index is 0.400. The van der Waals surface area contributed by atoms with Crippen LogP contribution in [0.2, 0.25) is 0 Å². The number of rotatable bonds is 9. The van der Waals surface area contributed by atoms with Crippen LogP contribution in [0.3, 0.4) is 0 Å². The van der Waals surface area contributed by atoms with Crippen molar-refractivity contribution in [2.45, 2.75) is 110 Å². The topological polar surface area (TPSA) is 52.6 Å². The van der Waals surface area contributed by atoms with Crippen molar-refractivity contribution in [1.82, 2.24) is 19.8 Å². The number of carbonyl (C=O) groups is 1. The molecule has 4 rings (SSSR count). The molecule has 0 spiro atoms. The van der Waals surface area contributed by atoms with Gasteiger partial charge < -0.3 is 9.80 Å². The lowest BCUT2D eigenvalue weighted by atomic mass is 9.91. The number of ketones is 1. The third kappa shape index (κ3) is 6.75. The molecule has 1 aromatic heterocycles. The maximum atomic E-state index is 11.4. The Hall–Kier alpha value is -1.53. The first-order valence-corrected chi connectivity index (χ1v) is 13.6. The highest BCUT2D eigenvalue weighted by atomic mass is 16.1. The molecule has 6 nitrogen and oxygen atoms in total. The van der Waals surface area contributed by atoms with Gasteiger partial charge in [-0.05, 0) is 83.5 Å². The molecular weight excluding hydrogens is 410 g/mol. The van der Waals surface area contributed by atoms with Gasteiger partial charge in [-0.3, -0.25) is 9.69 Å². The first-order valence-electron chi connectivity index (χ1n) is 13.6. The number of hydrogen-bond donors (Lipinski definition) is 0. The van der Waals surface area contributed by atoms with E-state index < -0.39 is 0 Å². The SMILES string of the molecule is CC.CCC(=O)CCCCN1CCC(c2cnc(N3C4CCC3CN(C(C)C)C4)nc2)CC1. The Morgan fingerprint density at radius 3 is 2.15 bits per heavy atom. The van der Waals surface area contributed by atoms with Crippen LogP contribution in [0.4, 0.5) is 5.95 Å². The van der Waals surface area contributed by atoms with E-state index in [1.807, 2.05) is 20.8 Å². The van der Waals surface area contributed by atoms with Crippen molar-refractivity contribution in [3.05, 3.63) is 18.0 Å². The fraction of sp³-hybridized carbons (Fsp3) is 0.815. The summed E-state index contributed by atoms with van der Waals surface area (Å²) >= 11 is 0. The monoisotopic (exact) mass is 457 g/mol. The Morgan fingerprint density at radius 2 is 1.61 bits per heavy atom. The molecule has 3 aliphatic heterocycles. The predicted octanol–water partition coefficient (Wildman–Crippen LogP) is 4.89. The van der Waals surface area contributed by atoms with E-state index in [1.165, 1.54) is 31.2 Å². The van der Waals surface area contributed by atoms with E-state index in [4.69, 9.17) is 9.97 Å². The van der Waals surface area contributed by atoms with Crippen molar-refractivity contribution in [3.8, 4) is 0 Å². The fourth-order valence-corrected chi connectivity index (χ4v) is 5.68. The maximum Gasteiger partial charge on any atom is 0.225 e. The Balaban J connectivity index is 0.00000149. The third-order valence-electron chi connectivity index (χ3n) is 7.76. The van der Waals surface area contributed by atoms with Gasteiger partial charge in [-0.15, -0.1) is 0 Å². The van der Waals surface area contributed by atoms with Crippen molar-refractivity contribution >= 4 is 11.7 Å². The van der Waals surface area contributed by atoms with E-state index in [1.54, 1.807) is 0 Å². The smallest absolute Gasteiger partial charge is 0.225 e. The minimum absolute atomic E-state index is 0.400. The second-order valence-corrected chi connectivity index (χ2v) is 10.1. The summed E-state index contributed by atoms with van der Waals surface area (Å²) in [5, 5.41) is 0. The first kappa shape index (κ1) is 26.1. The number of hydrogen-bond acceptors (Lipinski definition) is 6. The molecule has 2 unspecified atom stereocenters. The molecule has 3 saturated heterocycles.